The summed E-state index contributed by atoms with van der Waals surface area (Å²) in [6, 6.07) is 9.37. The van der Waals surface area contributed by atoms with Crippen molar-refractivity contribution in [3.8, 4) is 5.75 Å². The van der Waals surface area contributed by atoms with Crippen LogP contribution in [0, 0.1) is 5.92 Å². The molecule has 7 heteroatoms. The van der Waals surface area contributed by atoms with Gasteiger partial charge in [0, 0.05) is 18.0 Å². The van der Waals surface area contributed by atoms with E-state index in [0.717, 1.165) is 0 Å². The first kappa shape index (κ1) is 18.4. The summed E-state index contributed by atoms with van der Waals surface area (Å²) in [7, 11) is -3.94. The van der Waals surface area contributed by atoms with E-state index in [2.05, 4.69) is 4.98 Å². The van der Waals surface area contributed by atoms with E-state index in [1.165, 1.54) is 56.6 Å². The van der Waals surface area contributed by atoms with Gasteiger partial charge in [0.2, 0.25) is 0 Å². The smallest absolute Gasteiger partial charge is 0.265 e. The molecule has 1 amide bonds. The highest BCUT2D eigenvalue weighted by Gasteiger charge is 2.19. The van der Waals surface area contributed by atoms with Crippen LogP contribution in [0.4, 0.5) is 0 Å². The number of nitrogens with one attached hydrogen (secondary N) is 1. The average Bonchev–Trinajstić information content (AvgIpc) is 2.68. The lowest BCUT2D eigenvalue weighted by Crippen LogP contribution is -2.30. The summed E-state index contributed by atoms with van der Waals surface area (Å²) in [6.45, 7) is 0.681. The molecule has 1 aromatic heterocycles. The lowest BCUT2D eigenvalue weighted by Gasteiger charge is -2.21. The lowest BCUT2D eigenvalue weighted by atomic mass is 9.90. The van der Waals surface area contributed by atoms with Gasteiger partial charge >= 0.3 is 0 Å². The Morgan fingerprint density at radius 1 is 1.12 bits per heavy atom. The van der Waals surface area contributed by atoms with E-state index in [1.54, 1.807) is 24.3 Å². The van der Waals surface area contributed by atoms with Crippen LogP contribution >= 0.6 is 0 Å². The number of aromatic nitrogens is 1. The summed E-state index contributed by atoms with van der Waals surface area (Å²) in [5.41, 5.74) is 0.252. The summed E-state index contributed by atoms with van der Waals surface area (Å²) in [4.78, 5) is 15.9. The monoisotopic (exact) mass is 374 g/mol. The molecule has 1 aromatic carbocycles. The molecule has 0 radical (unpaired) electrons. The fraction of sp³-hybridized carbons (Fsp3) is 0.368. The van der Waals surface area contributed by atoms with Crippen LogP contribution in [0.5, 0.6) is 5.75 Å². The highest BCUT2D eigenvalue weighted by molar-refractivity contribution is 7.90. The fourth-order valence-corrected chi connectivity index (χ4v) is 3.95. The first-order chi connectivity index (χ1) is 12.5. The molecule has 1 aliphatic carbocycles. The van der Waals surface area contributed by atoms with Crippen LogP contribution in [0.2, 0.25) is 0 Å². The first-order valence-electron chi connectivity index (χ1n) is 8.75. The van der Waals surface area contributed by atoms with Crippen LogP contribution < -0.4 is 9.46 Å². The number of carbonyl (C=O) groups excluding carboxylic acids is 1. The van der Waals surface area contributed by atoms with Gasteiger partial charge in [0.1, 0.15) is 10.6 Å². The molecule has 0 spiro atoms. The zero-order chi connectivity index (χ0) is 18.4. The number of nitrogens with zero attached hydrogens (tertiary/aromatic N) is 1. The quantitative estimate of drug-likeness (QED) is 0.839. The van der Waals surface area contributed by atoms with Gasteiger partial charge in [-0.2, -0.15) is 0 Å². The molecule has 138 valence electrons. The molecule has 1 heterocycles. The molecular formula is C19H22N2O4S. The van der Waals surface area contributed by atoms with Crippen molar-refractivity contribution in [3.05, 3.63) is 54.4 Å². The van der Waals surface area contributed by atoms with Crippen molar-refractivity contribution in [3.63, 3.8) is 0 Å². The Morgan fingerprint density at radius 3 is 2.50 bits per heavy atom. The summed E-state index contributed by atoms with van der Waals surface area (Å²) >= 11 is 0. The zero-order valence-corrected chi connectivity index (χ0v) is 15.2. The van der Waals surface area contributed by atoms with Gasteiger partial charge in [-0.3, -0.25) is 9.78 Å². The van der Waals surface area contributed by atoms with Crippen LogP contribution in [0.25, 0.3) is 0 Å². The van der Waals surface area contributed by atoms with Gasteiger partial charge in [-0.15, -0.1) is 0 Å². The molecule has 1 saturated carbocycles. The summed E-state index contributed by atoms with van der Waals surface area (Å²) in [5, 5.41) is 0. The molecular weight excluding hydrogens is 352 g/mol. The average molecular weight is 374 g/mol. The minimum Gasteiger partial charge on any atom is -0.493 e. The molecule has 0 unspecified atom stereocenters. The number of amides is 1. The van der Waals surface area contributed by atoms with Gasteiger partial charge < -0.3 is 4.74 Å². The second-order valence-electron chi connectivity index (χ2n) is 6.46. The van der Waals surface area contributed by atoms with Gasteiger partial charge in [0.25, 0.3) is 15.9 Å². The number of hydrogen-bond donors (Lipinski definition) is 1. The molecule has 0 aliphatic heterocycles. The normalized spacial score (nSPS) is 15.4. The predicted molar refractivity (Wildman–Crippen MR) is 97.4 cm³/mol. The maximum absolute atomic E-state index is 12.2. The number of carbonyl (C=O) groups is 1. The van der Waals surface area contributed by atoms with Gasteiger partial charge in [-0.25, -0.2) is 13.1 Å². The third-order valence-corrected chi connectivity index (χ3v) is 5.81. The third-order valence-electron chi connectivity index (χ3n) is 4.50. The van der Waals surface area contributed by atoms with E-state index in [9.17, 15) is 13.2 Å². The Labute approximate surface area is 153 Å². The summed E-state index contributed by atoms with van der Waals surface area (Å²) < 4.78 is 32.2. The Kier molecular flexibility index (Phi) is 5.88. The Morgan fingerprint density at radius 2 is 1.85 bits per heavy atom. The van der Waals surface area contributed by atoms with Crippen LogP contribution in [-0.2, 0) is 10.0 Å². The largest absolute Gasteiger partial charge is 0.493 e. The number of rotatable bonds is 6. The number of sulfonamides is 1. The topological polar surface area (TPSA) is 85.4 Å². The SMILES string of the molecule is O=C(NS(=O)(=O)c1cccnc1)c1ccc(OCC2CCCCC2)cc1. The van der Waals surface area contributed by atoms with E-state index in [0.29, 0.717) is 18.3 Å². The molecule has 0 bridgehead atoms. The van der Waals surface area contributed by atoms with E-state index in [1.807, 2.05) is 4.72 Å². The molecule has 3 rings (SSSR count). The van der Waals surface area contributed by atoms with Crippen LogP contribution in [-0.4, -0.2) is 25.9 Å². The Hall–Kier alpha value is -2.41. The standard InChI is InChI=1S/C19H22N2O4S/c22-19(21-26(23,24)18-7-4-12-20-13-18)16-8-10-17(11-9-16)25-14-15-5-2-1-3-6-15/h4,7-13,15H,1-3,5-6,14H2,(H,21,22). The molecule has 1 fully saturated rings. The first-order valence-corrected chi connectivity index (χ1v) is 10.2. The summed E-state index contributed by atoms with van der Waals surface area (Å²) in [5.74, 6) is 0.589. The van der Waals surface area contributed by atoms with Crippen molar-refractivity contribution in [2.75, 3.05) is 6.61 Å². The van der Waals surface area contributed by atoms with Crippen LogP contribution in [0.3, 0.4) is 0 Å². The van der Waals surface area contributed by atoms with E-state index < -0.39 is 15.9 Å². The van der Waals surface area contributed by atoms with Crippen molar-refractivity contribution in [2.24, 2.45) is 5.92 Å². The maximum Gasteiger partial charge on any atom is 0.265 e. The van der Waals surface area contributed by atoms with Gasteiger partial charge in [0.15, 0.2) is 0 Å². The van der Waals surface area contributed by atoms with Gasteiger partial charge in [-0.05, 0) is 55.2 Å². The van der Waals surface area contributed by atoms with Gasteiger partial charge in [-0.1, -0.05) is 19.3 Å². The number of ether oxygens (including phenoxy) is 1. The van der Waals surface area contributed by atoms with Crippen molar-refractivity contribution < 1.29 is 17.9 Å². The van der Waals surface area contributed by atoms with Crippen molar-refractivity contribution in [1.82, 2.24) is 9.71 Å². The zero-order valence-electron chi connectivity index (χ0n) is 14.4. The number of benzene rings is 1. The minimum atomic E-state index is -3.94. The molecule has 26 heavy (non-hydrogen) atoms. The molecule has 2 aromatic rings. The lowest BCUT2D eigenvalue weighted by molar-refractivity contribution is 0.0981. The molecule has 0 saturated heterocycles. The van der Waals surface area contributed by atoms with Crippen molar-refractivity contribution in [1.29, 1.82) is 0 Å². The number of hydrogen-bond acceptors (Lipinski definition) is 5. The predicted octanol–water partition coefficient (Wildman–Crippen LogP) is 3.16. The van der Waals surface area contributed by atoms with E-state index in [4.69, 9.17) is 4.74 Å². The van der Waals surface area contributed by atoms with Crippen molar-refractivity contribution >= 4 is 15.9 Å². The summed E-state index contributed by atoms with van der Waals surface area (Å²) in [6.07, 6.45) is 8.89. The molecule has 1 N–H and O–H groups in total. The minimum absolute atomic E-state index is 0.0548. The second kappa shape index (κ2) is 8.31. The second-order valence-corrected chi connectivity index (χ2v) is 8.15. The van der Waals surface area contributed by atoms with Crippen LogP contribution in [0.15, 0.2) is 53.7 Å². The molecule has 0 atom stereocenters. The van der Waals surface area contributed by atoms with E-state index in [-0.39, 0.29) is 10.5 Å². The Balaban J connectivity index is 1.58. The molecule has 6 nitrogen and oxygen atoms in total. The maximum atomic E-state index is 12.2. The number of pyridine rings is 1. The van der Waals surface area contributed by atoms with Crippen molar-refractivity contribution in [2.45, 2.75) is 37.0 Å². The van der Waals surface area contributed by atoms with Crippen LogP contribution in [0.1, 0.15) is 42.5 Å². The highest BCUT2D eigenvalue weighted by atomic mass is 32.2. The Bertz CT molecular complexity index is 830. The van der Waals surface area contributed by atoms with E-state index >= 15 is 0 Å². The molecule has 1 aliphatic rings. The van der Waals surface area contributed by atoms with Gasteiger partial charge in [0.05, 0.1) is 6.61 Å². The third kappa shape index (κ3) is 4.82. The fourth-order valence-electron chi connectivity index (χ4n) is 3.02. The highest BCUT2D eigenvalue weighted by Crippen LogP contribution is 2.24.